The fourth-order valence-corrected chi connectivity index (χ4v) is 1.77. The van der Waals surface area contributed by atoms with Crippen LogP contribution in [0.5, 0.6) is 5.75 Å². The number of benzene rings is 1. The quantitative estimate of drug-likeness (QED) is 0.640. The molecule has 1 fully saturated rings. The summed E-state index contributed by atoms with van der Waals surface area (Å²) in [6.07, 6.45) is 1.54. The summed E-state index contributed by atoms with van der Waals surface area (Å²) in [7, 11) is 3.18. The number of rotatable bonds is 4. The molecule has 18 heavy (non-hydrogen) atoms. The van der Waals surface area contributed by atoms with Crippen molar-refractivity contribution < 1.29 is 14.4 Å². The highest BCUT2D eigenvalue weighted by atomic mass is 16.7. The summed E-state index contributed by atoms with van der Waals surface area (Å²) in [5, 5.41) is 4.75. The van der Waals surface area contributed by atoms with E-state index >= 15 is 0 Å². The van der Waals surface area contributed by atoms with Crippen molar-refractivity contribution in [3.63, 3.8) is 0 Å². The van der Waals surface area contributed by atoms with Crippen LogP contribution >= 0.6 is 0 Å². The number of hydrogen-bond donors (Lipinski definition) is 1. The minimum absolute atomic E-state index is 0.0656. The number of hydrogen-bond acceptors (Lipinski definition) is 5. The predicted octanol–water partition coefficient (Wildman–Crippen LogP) is 1.19. The fraction of sp³-hybridized carbons (Fsp3) is 0.308. The van der Waals surface area contributed by atoms with Crippen LogP contribution in [0, 0.1) is 0 Å². The molecule has 2 rings (SSSR count). The number of carbonyl (C=O) groups is 1. The summed E-state index contributed by atoms with van der Waals surface area (Å²) >= 11 is 0. The number of ether oxygens (including phenoxy) is 1. The monoisotopic (exact) mass is 248 g/mol. The molecule has 96 valence electrons. The molecule has 1 saturated heterocycles. The van der Waals surface area contributed by atoms with Crippen LogP contribution in [0.3, 0.4) is 0 Å². The van der Waals surface area contributed by atoms with Gasteiger partial charge in [0.1, 0.15) is 11.6 Å². The zero-order chi connectivity index (χ0) is 13.0. The van der Waals surface area contributed by atoms with Gasteiger partial charge in [-0.3, -0.25) is 9.63 Å². The average Bonchev–Trinajstić information content (AvgIpc) is 2.86. The maximum absolute atomic E-state index is 12.0. The Morgan fingerprint density at radius 1 is 1.33 bits per heavy atom. The maximum Gasteiger partial charge on any atom is 0.189 e. The molecule has 1 aromatic rings. The highest BCUT2D eigenvalue weighted by Crippen LogP contribution is 2.14. The molecule has 0 bridgehead atoms. The second-order valence-corrected chi connectivity index (χ2v) is 3.83. The molecule has 1 aliphatic rings. The van der Waals surface area contributed by atoms with Gasteiger partial charge in [-0.1, -0.05) is 0 Å². The smallest absolute Gasteiger partial charge is 0.189 e. The molecule has 0 aliphatic carbocycles. The summed E-state index contributed by atoms with van der Waals surface area (Å²) < 4.78 is 5.05. The Balaban J connectivity index is 2.13. The van der Waals surface area contributed by atoms with Gasteiger partial charge in [0.25, 0.3) is 0 Å². The Bertz CT molecular complexity index is 454. The Labute approximate surface area is 106 Å². The lowest BCUT2D eigenvalue weighted by Crippen LogP contribution is -2.19. The third kappa shape index (κ3) is 2.62. The molecule has 0 atom stereocenters. The third-order valence-corrected chi connectivity index (χ3v) is 2.75. The Kier molecular flexibility index (Phi) is 3.84. The number of methoxy groups -OCH3 is 1. The standard InChI is InChI=1S/C13H16N2O3/c1-17-11-5-3-10(4-6-11)12(16)9-13-14-7-8-15(13)18-2/h3-6,9,14H,7-8H2,1-2H3/b13-9+. The van der Waals surface area contributed by atoms with E-state index in [9.17, 15) is 4.79 Å². The topological polar surface area (TPSA) is 50.8 Å². The van der Waals surface area contributed by atoms with Gasteiger partial charge in [-0.05, 0) is 24.3 Å². The van der Waals surface area contributed by atoms with Crippen molar-refractivity contribution in [1.82, 2.24) is 10.4 Å². The van der Waals surface area contributed by atoms with Gasteiger partial charge in [-0.15, -0.1) is 0 Å². The Hall–Kier alpha value is -2.01. The molecular formula is C13H16N2O3. The Morgan fingerprint density at radius 2 is 2.06 bits per heavy atom. The second kappa shape index (κ2) is 5.55. The van der Waals surface area contributed by atoms with Crippen molar-refractivity contribution >= 4 is 5.78 Å². The van der Waals surface area contributed by atoms with Crippen molar-refractivity contribution in [1.29, 1.82) is 0 Å². The number of carbonyl (C=O) groups excluding carboxylic acids is 1. The summed E-state index contributed by atoms with van der Waals surface area (Å²) in [5.74, 6) is 1.36. The molecule has 1 N–H and O–H groups in total. The van der Waals surface area contributed by atoms with Crippen LogP contribution in [0.15, 0.2) is 36.2 Å². The molecule has 0 amide bonds. The Morgan fingerprint density at radius 3 is 2.67 bits per heavy atom. The summed E-state index contributed by atoms with van der Waals surface area (Å²) in [6, 6.07) is 7.01. The molecule has 5 heteroatoms. The molecule has 0 radical (unpaired) electrons. The van der Waals surface area contributed by atoms with E-state index < -0.39 is 0 Å². The van der Waals surface area contributed by atoms with E-state index in [2.05, 4.69) is 5.32 Å². The predicted molar refractivity (Wildman–Crippen MR) is 67.1 cm³/mol. The van der Waals surface area contributed by atoms with Crippen LogP contribution in [0.25, 0.3) is 0 Å². The molecule has 0 aromatic heterocycles. The SMILES string of the molecule is COc1ccc(C(=O)/C=C2\NCCN2OC)cc1. The summed E-state index contributed by atoms with van der Waals surface area (Å²) in [5.41, 5.74) is 0.619. The summed E-state index contributed by atoms with van der Waals surface area (Å²) in [4.78, 5) is 17.1. The van der Waals surface area contributed by atoms with E-state index in [1.54, 1.807) is 43.5 Å². The van der Waals surface area contributed by atoms with Crippen LogP contribution in [0.2, 0.25) is 0 Å². The number of hydroxylamine groups is 2. The zero-order valence-electron chi connectivity index (χ0n) is 10.5. The largest absolute Gasteiger partial charge is 0.497 e. The van der Waals surface area contributed by atoms with Crippen molar-refractivity contribution in [3.05, 3.63) is 41.7 Å². The van der Waals surface area contributed by atoms with Crippen LogP contribution in [-0.4, -0.2) is 38.2 Å². The first-order valence-electron chi connectivity index (χ1n) is 5.70. The number of nitrogens with one attached hydrogen (secondary N) is 1. The van der Waals surface area contributed by atoms with E-state index in [1.807, 2.05) is 0 Å². The number of allylic oxidation sites excluding steroid dienone is 1. The lowest BCUT2D eigenvalue weighted by atomic mass is 10.1. The van der Waals surface area contributed by atoms with E-state index in [0.717, 1.165) is 18.8 Å². The molecule has 1 aliphatic heterocycles. The van der Waals surface area contributed by atoms with Gasteiger partial charge in [-0.25, -0.2) is 5.06 Å². The van der Waals surface area contributed by atoms with Gasteiger partial charge in [0, 0.05) is 18.2 Å². The van der Waals surface area contributed by atoms with Crippen molar-refractivity contribution in [2.45, 2.75) is 0 Å². The molecule has 5 nitrogen and oxygen atoms in total. The lowest BCUT2D eigenvalue weighted by molar-refractivity contribution is -0.0862. The highest BCUT2D eigenvalue weighted by Gasteiger charge is 2.17. The first kappa shape index (κ1) is 12.4. The minimum Gasteiger partial charge on any atom is -0.497 e. The molecule has 0 unspecified atom stereocenters. The normalized spacial score (nSPS) is 16.8. The second-order valence-electron chi connectivity index (χ2n) is 3.83. The fourth-order valence-electron chi connectivity index (χ4n) is 1.77. The third-order valence-electron chi connectivity index (χ3n) is 2.75. The van der Waals surface area contributed by atoms with Crippen molar-refractivity contribution in [2.24, 2.45) is 0 Å². The number of ketones is 1. The minimum atomic E-state index is -0.0656. The van der Waals surface area contributed by atoms with Crippen LogP contribution in [0.4, 0.5) is 0 Å². The van der Waals surface area contributed by atoms with E-state index in [4.69, 9.17) is 9.57 Å². The maximum atomic E-state index is 12.0. The average molecular weight is 248 g/mol. The van der Waals surface area contributed by atoms with Crippen LogP contribution in [0.1, 0.15) is 10.4 Å². The van der Waals surface area contributed by atoms with Crippen LogP contribution < -0.4 is 10.1 Å². The first-order chi connectivity index (χ1) is 8.74. The molecular weight excluding hydrogens is 232 g/mol. The molecule has 0 spiro atoms. The molecule has 1 heterocycles. The van der Waals surface area contributed by atoms with Crippen LogP contribution in [-0.2, 0) is 4.84 Å². The van der Waals surface area contributed by atoms with Gasteiger partial charge in [0.15, 0.2) is 5.78 Å². The molecule has 0 saturated carbocycles. The first-order valence-corrected chi connectivity index (χ1v) is 5.70. The van der Waals surface area contributed by atoms with E-state index in [1.165, 1.54) is 6.08 Å². The number of nitrogens with zero attached hydrogens (tertiary/aromatic N) is 1. The van der Waals surface area contributed by atoms with Gasteiger partial charge >= 0.3 is 0 Å². The van der Waals surface area contributed by atoms with Gasteiger partial charge in [0.2, 0.25) is 0 Å². The summed E-state index contributed by atoms with van der Waals surface area (Å²) in [6.45, 7) is 1.51. The van der Waals surface area contributed by atoms with Gasteiger partial charge < -0.3 is 10.1 Å². The van der Waals surface area contributed by atoms with E-state index in [-0.39, 0.29) is 5.78 Å². The van der Waals surface area contributed by atoms with Crippen molar-refractivity contribution in [3.8, 4) is 5.75 Å². The molecule has 1 aromatic carbocycles. The van der Waals surface area contributed by atoms with E-state index in [0.29, 0.717) is 11.4 Å². The highest BCUT2D eigenvalue weighted by molar-refractivity contribution is 6.04. The zero-order valence-corrected chi connectivity index (χ0v) is 10.5. The van der Waals surface area contributed by atoms with Crippen molar-refractivity contribution in [2.75, 3.05) is 27.3 Å². The van der Waals surface area contributed by atoms with Gasteiger partial charge in [0.05, 0.1) is 20.8 Å². The van der Waals surface area contributed by atoms with Gasteiger partial charge in [-0.2, -0.15) is 0 Å². The lowest BCUT2D eigenvalue weighted by Gasteiger charge is -2.14.